The van der Waals surface area contributed by atoms with E-state index in [0.717, 1.165) is 38.5 Å². The molecule has 1 fully saturated rings. The minimum absolute atomic E-state index is 0. The van der Waals surface area contributed by atoms with Gasteiger partial charge in [-0.1, -0.05) is 18.2 Å². The first kappa shape index (κ1) is 23.1. The van der Waals surface area contributed by atoms with Crippen LogP contribution in [0.2, 0.25) is 0 Å². The average molecular weight is 511 g/mol. The number of nitrogens with zero attached hydrogens (tertiary/aromatic N) is 3. The number of hydrogen-bond donors (Lipinski definition) is 2. The molecule has 0 bridgehead atoms. The smallest absolute Gasteiger partial charge is 0.224 e. The fourth-order valence-corrected chi connectivity index (χ4v) is 3.20. The number of nitrogens with one attached hydrogen (secondary N) is 2. The van der Waals surface area contributed by atoms with E-state index in [-0.39, 0.29) is 29.9 Å². The molecule has 2 N–H and O–H groups in total. The summed E-state index contributed by atoms with van der Waals surface area (Å²) in [6.07, 6.45) is 2.10. The van der Waals surface area contributed by atoms with Crippen molar-refractivity contribution in [1.82, 2.24) is 15.5 Å². The summed E-state index contributed by atoms with van der Waals surface area (Å²) < 4.78 is 5.30. The summed E-state index contributed by atoms with van der Waals surface area (Å²) in [7, 11) is 0. The molecule has 0 saturated carbocycles. The van der Waals surface area contributed by atoms with E-state index in [0.29, 0.717) is 25.5 Å². The third-order valence-electron chi connectivity index (χ3n) is 4.70. The Hall–Kier alpha value is -2.23. The first-order valence-corrected chi connectivity index (χ1v) is 9.88. The predicted octanol–water partition coefficient (Wildman–Crippen LogP) is 2.69. The number of guanidine groups is 1. The molecule has 1 aliphatic rings. The molecule has 3 rings (SSSR count). The van der Waals surface area contributed by atoms with Gasteiger partial charge in [-0.3, -0.25) is 4.79 Å². The van der Waals surface area contributed by atoms with E-state index in [2.05, 4.69) is 32.7 Å². The number of rotatable bonds is 7. The molecule has 8 heteroatoms. The van der Waals surface area contributed by atoms with Gasteiger partial charge in [-0.2, -0.15) is 0 Å². The highest BCUT2D eigenvalue weighted by atomic mass is 127. The molecule has 2 aromatic rings. The van der Waals surface area contributed by atoms with Crippen LogP contribution in [0, 0.1) is 0 Å². The maximum atomic E-state index is 12.5. The van der Waals surface area contributed by atoms with Gasteiger partial charge in [0.25, 0.3) is 0 Å². The Balaban J connectivity index is 0.00000300. The monoisotopic (exact) mass is 511 g/mol. The van der Waals surface area contributed by atoms with Crippen LogP contribution < -0.4 is 15.5 Å². The van der Waals surface area contributed by atoms with Gasteiger partial charge in [0.2, 0.25) is 5.91 Å². The van der Waals surface area contributed by atoms with E-state index in [1.165, 1.54) is 5.69 Å². The lowest BCUT2D eigenvalue weighted by Gasteiger charge is -2.36. The van der Waals surface area contributed by atoms with E-state index < -0.39 is 0 Å². The molecule has 0 spiro atoms. The molecule has 2 heterocycles. The van der Waals surface area contributed by atoms with Gasteiger partial charge in [0, 0.05) is 51.4 Å². The second-order valence-electron chi connectivity index (χ2n) is 6.65. The van der Waals surface area contributed by atoms with Crippen LogP contribution in [0.4, 0.5) is 5.69 Å². The molecular weight excluding hydrogens is 481 g/mol. The van der Waals surface area contributed by atoms with Crippen molar-refractivity contribution in [3.8, 4) is 0 Å². The molecule has 7 nitrogen and oxygen atoms in total. The molecule has 0 atom stereocenters. The van der Waals surface area contributed by atoms with Gasteiger partial charge in [-0.15, -0.1) is 24.0 Å². The van der Waals surface area contributed by atoms with Gasteiger partial charge >= 0.3 is 0 Å². The number of para-hydroxylation sites is 1. The Bertz CT molecular complexity index is 744. The Morgan fingerprint density at radius 2 is 1.83 bits per heavy atom. The van der Waals surface area contributed by atoms with Crippen molar-refractivity contribution in [1.29, 1.82) is 0 Å². The molecule has 0 radical (unpaired) electrons. The lowest BCUT2D eigenvalue weighted by atomic mass is 10.2. The number of carbonyl (C=O) groups is 1. The number of amides is 1. The van der Waals surface area contributed by atoms with Crippen molar-refractivity contribution in [2.45, 2.75) is 19.9 Å². The SMILES string of the molecule is CCNC(=NCc1ccco1)NCCC(=O)N1CCN(c2ccccc2)CC1.I. The Labute approximate surface area is 189 Å². The fourth-order valence-electron chi connectivity index (χ4n) is 3.20. The van der Waals surface area contributed by atoms with Crippen molar-refractivity contribution in [2.24, 2.45) is 4.99 Å². The van der Waals surface area contributed by atoms with Crippen LogP contribution in [-0.2, 0) is 11.3 Å². The highest BCUT2D eigenvalue weighted by molar-refractivity contribution is 14.0. The van der Waals surface area contributed by atoms with E-state index in [1.807, 2.05) is 42.2 Å². The van der Waals surface area contributed by atoms with Gasteiger partial charge in [0.15, 0.2) is 5.96 Å². The first-order valence-electron chi connectivity index (χ1n) is 9.88. The first-order chi connectivity index (χ1) is 13.8. The van der Waals surface area contributed by atoms with Gasteiger partial charge in [0.05, 0.1) is 6.26 Å². The largest absolute Gasteiger partial charge is 0.467 e. The number of piperazine rings is 1. The molecule has 1 amide bonds. The Morgan fingerprint density at radius 1 is 1.07 bits per heavy atom. The van der Waals surface area contributed by atoms with Crippen LogP contribution in [0.1, 0.15) is 19.1 Å². The number of furan rings is 1. The fraction of sp³-hybridized carbons (Fsp3) is 0.429. The maximum Gasteiger partial charge on any atom is 0.224 e. The Morgan fingerprint density at radius 3 is 2.48 bits per heavy atom. The number of halogens is 1. The minimum Gasteiger partial charge on any atom is -0.467 e. The third kappa shape index (κ3) is 7.26. The van der Waals surface area contributed by atoms with Crippen LogP contribution in [0.3, 0.4) is 0 Å². The highest BCUT2D eigenvalue weighted by Gasteiger charge is 2.20. The molecular formula is C21H30IN5O2. The summed E-state index contributed by atoms with van der Waals surface area (Å²) in [6.45, 7) is 7.08. The van der Waals surface area contributed by atoms with Crippen molar-refractivity contribution in [2.75, 3.05) is 44.2 Å². The molecule has 1 aliphatic heterocycles. The number of hydrogen-bond acceptors (Lipinski definition) is 4. The molecule has 1 aromatic carbocycles. The normalized spacial score (nSPS) is 14.3. The van der Waals surface area contributed by atoms with Crippen molar-refractivity contribution < 1.29 is 9.21 Å². The van der Waals surface area contributed by atoms with Crippen LogP contribution in [0.15, 0.2) is 58.1 Å². The van der Waals surface area contributed by atoms with Crippen molar-refractivity contribution in [3.05, 3.63) is 54.5 Å². The molecule has 1 saturated heterocycles. The Kier molecular flexibility index (Phi) is 9.82. The molecule has 158 valence electrons. The number of carbonyl (C=O) groups excluding carboxylic acids is 1. The lowest BCUT2D eigenvalue weighted by Crippen LogP contribution is -2.49. The van der Waals surface area contributed by atoms with Crippen LogP contribution in [0.5, 0.6) is 0 Å². The lowest BCUT2D eigenvalue weighted by molar-refractivity contribution is -0.131. The van der Waals surface area contributed by atoms with Crippen LogP contribution in [-0.4, -0.2) is 56.0 Å². The minimum atomic E-state index is 0. The van der Waals surface area contributed by atoms with Gasteiger partial charge in [-0.25, -0.2) is 4.99 Å². The predicted molar refractivity (Wildman–Crippen MR) is 127 cm³/mol. The number of anilines is 1. The van der Waals surface area contributed by atoms with Crippen molar-refractivity contribution >= 4 is 41.5 Å². The zero-order valence-corrected chi connectivity index (χ0v) is 19.2. The third-order valence-corrected chi connectivity index (χ3v) is 4.70. The molecule has 29 heavy (non-hydrogen) atoms. The second kappa shape index (κ2) is 12.4. The number of benzene rings is 1. The average Bonchev–Trinajstić information content (AvgIpc) is 3.26. The zero-order chi connectivity index (χ0) is 19.6. The van der Waals surface area contributed by atoms with E-state index in [9.17, 15) is 4.79 Å². The van der Waals surface area contributed by atoms with E-state index >= 15 is 0 Å². The van der Waals surface area contributed by atoms with E-state index in [4.69, 9.17) is 4.42 Å². The van der Waals surface area contributed by atoms with Gasteiger partial charge in [-0.05, 0) is 31.2 Å². The summed E-state index contributed by atoms with van der Waals surface area (Å²) in [5, 5.41) is 6.41. The maximum absolute atomic E-state index is 12.5. The standard InChI is InChI=1S/C21H29N5O2.HI/c1-2-22-21(24-17-19-9-6-16-28-19)23-11-10-20(27)26-14-12-25(13-15-26)18-7-4-3-5-8-18;/h3-9,16H,2,10-15,17H2,1H3,(H2,22,23,24);1H. The summed E-state index contributed by atoms with van der Waals surface area (Å²) in [5.74, 6) is 1.69. The summed E-state index contributed by atoms with van der Waals surface area (Å²) in [5.41, 5.74) is 1.22. The van der Waals surface area contributed by atoms with Crippen LogP contribution in [0.25, 0.3) is 0 Å². The molecule has 0 aliphatic carbocycles. The topological polar surface area (TPSA) is 73.1 Å². The molecule has 0 unspecified atom stereocenters. The number of aliphatic imine (C=N–C) groups is 1. The van der Waals surface area contributed by atoms with Crippen molar-refractivity contribution in [3.63, 3.8) is 0 Å². The summed E-state index contributed by atoms with van der Waals surface area (Å²) >= 11 is 0. The second-order valence-corrected chi connectivity index (χ2v) is 6.65. The quantitative estimate of drug-likeness (QED) is 0.340. The summed E-state index contributed by atoms with van der Waals surface area (Å²) in [6, 6.07) is 14.1. The highest BCUT2D eigenvalue weighted by Crippen LogP contribution is 2.15. The van der Waals surface area contributed by atoms with E-state index in [1.54, 1.807) is 6.26 Å². The van der Waals surface area contributed by atoms with Crippen LogP contribution >= 0.6 is 24.0 Å². The summed E-state index contributed by atoms with van der Waals surface area (Å²) in [4.78, 5) is 21.3. The van der Waals surface area contributed by atoms with Gasteiger partial charge < -0.3 is 24.9 Å². The van der Waals surface area contributed by atoms with Gasteiger partial charge in [0.1, 0.15) is 12.3 Å². The molecule has 1 aromatic heterocycles. The zero-order valence-electron chi connectivity index (χ0n) is 16.8.